The summed E-state index contributed by atoms with van der Waals surface area (Å²) in [5, 5.41) is 17.9. The summed E-state index contributed by atoms with van der Waals surface area (Å²) in [5.74, 6) is 0.208. The lowest BCUT2D eigenvalue weighted by Gasteiger charge is -1.94. The molecule has 4 rings (SSSR count). The van der Waals surface area contributed by atoms with Gasteiger partial charge in [0.25, 0.3) is 5.69 Å². The maximum absolute atomic E-state index is 13.0. The number of hydrogen-bond donors (Lipinski definition) is 2. The number of hydrogen-bond acceptors (Lipinski definition) is 4. The van der Waals surface area contributed by atoms with Gasteiger partial charge in [0.05, 0.1) is 21.7 Å². The van der Waals surface area contributed by atoms with Gasteiger partial charge in [-0.05, 0) is 36.4 Å². The summed E-state index contributed by atoms with van der Waals surface area (Å²) in [6.07, 6.45) is 0. The number of nitro benzene ring substituents is 1. The molecule has 7 nitrogen and oxygen atoms in total. The summed E-state index contributed by atoms with van der Waals surface area (Å²) in [4.78, 5) is 17.8. The highest BCUT2D eigenvalue weighted by Crippen LogP contribution is 2.25. The average molecular weight is 323 g/mol. The predicted octanol–water partition coefficient (Wildman–Crippen LogP) is 3.67. The van der Waals surface area contributed by atoms with Gasteiger partial charge in [0.15, 0.2) is 5.82 Å². The first-order valence-electron chi connectivity index (χ1n) is 7.06. The predicted molar refractivity (Wildman–Crippen MR) is 85.7 cm³/mol. The summed E-state index contributed by atoms with van der Waals surface area (Å²) < 4.78 is 13.0. The molecule has 2 aromatic heterocycles. The molecule has 0 fully saturated rings. The number of non-ortho nitro benzene ring substituents is 1. The molecule has 2 heterocycles. The Bertz CT molecular complexity index is 1050. The van der Waals surface area contributed by atoms with Crippen LogP contribution in [0.4, 0.5) is 10.1 Å². The molecule has 0 amide bonds. The average Bonchev–Trinajstić information content (AvgIpc) is 3.21. The Labute approximate surface area is 134 Å². The molecular weight excluding hydrogens is 313 g/mol. The first-order valence-corrected chi connectivity index (χ1v) is 7.06. The molecule has 2 N–H and O–H groups in total. The first kappa shape index (κ1) is 14.1. The Morgan fingerprint density at radius 1 is 1.08 bits per heavy atom. The van der Waals surface area contributed by atoms with Gasteiger partial charge in [0.2, 0.25) is 0 Å². The maximum Gasteiger partial charge on any atom is 0.271 e. The largest absolute Gasteiger partial charge is 0.336 e. The minimum absolute atomic E-state index is 0.00527. The van der Waals surface area contributed by atoms with Crippen LogP contribution in [0.3, 0.4) is 0 Å². The Morgan fingerprint density at radius 2 is 1.88 bits per heavy atom. The number of benzene rings is 2. The van der Waals surface area contributed by atoms with Crippen molar-refractivity contribution in [2.75, 3.05) is 0 Å². The van der Waals surface area contributed by atoms with Crippen molar-refractivity contribution in [2.24, 2.45) is 0 Å². The number of nitrogens with one attached hydrogen (secondary N) is 2. The van der Waals surface area contributed by atoms with Gasteiger partial charge in [-0.25, -0.2) is 9.37 Å². The van der Waals surface area contributed by atoms with Crippen LogP contribution in [0.1, 0.15) is 0 Å². The number of aromatic nitrogens is 4. The molecule has 0 bridgehead atoms. The van der Waals surface area contributed by atoms with E-state index in [1.807, 2.05) is 0 Å². The number of halogens is 1. The monoisotopic (exact) mass is 323 g/mol. The van der Waals surface area contributed by atoms with E-state index in [4.69, 9.17) is 0 Å². The van der Waals surface area contributed by atoms with Gasteiger partial charge in [0.1, 0.15) is 11.5 Å². The van der Waals surface area contributed by atoms with Crippen LogP contribution in [-0.2, 0) is 0 Å². The normalized spacial score (nSPS) is 11.0. The fraction of sp³-hybridized carbons (Fsp3) is 0. The summed E-state index contributed by atoms with van der Waals surface area (Å²) in [6, 6.07) is 12.2. The van der Waals surface area contributed by atoms with E-state index in [1.165, 1.54) is 24.3 Å². The molecule has 2 aromatic carbocycles. The minimum Gasteiger partial charge on any atom is -0.336 e. The highest BCUT2D eigenvalue weighted by Gasteiger charge is 2.13. The highest BCUT2D eigenvalue weighted by atomic mass is 19.1. The zero-order valence-electron chi connectivity index (χ0n) is 12.2. The van der Waals surface area contributed by atoms with Gasteiger partial charge >= 0.3 is 0 Å². The number of H-pyrrole nitrogens is 2. The molecule has 118 valence electrons. The second-order valence-electron chi connectivity index (χ2n) is 5.22. The number of aromatic amines is 2. The highest BCUT2D eigenvalue weighted by molar-refractivity contribution is 5.81. The second kappa shape index (κ2) is 5.27. The van der Waals surface area contributed by atoms with Crippen LogP contribution in [0.5, 0.6) is 0 Å². The lowest BCUT2D eigenvalue weighted by Crippen LogP contribution is -1.86. The van der Waals surface area contributed by atoms with Gasteiger partial charge in [-0.15, -0.1) is 0 Å². The van der Waals surface area contributed by atoms with Crippen LogP contribution in [-0.4, -0.2) is 25.1 Å². The van der Waals surface area contributed by atoms with Gasteiger partial charge in [0, 0.05) is 17.7 Å². The van der Waals surface area contributed by atoms with Crippen LogP contribution in [0, 0.1) is 15.9 Å². The molecule has 0 spiro atoms. The lowest BCUT2D eigenvalue weighted by atomic mass is 10.1. The number of nitrogens with zero attached hydrogens (tertiary/aromatic N) is 3. The van der Waals surface area contributed by atoms with E-state index in [-0.39, 0.29) is 11.5 Å². The van der Waals surface area contributed by atoms with E-state index in [2.05, 4.69) is 20.2 Å². The van der Waals surface area contributed by atoms with E-state index in [0.717, 1.165) is 5.56 Å². The van der Waals surface area contributed by atoms with Gasteiger partial charge < -0.3 is 4.98 Å². The lowest BCUT2D eigenvalue weighted by molar-refractivity contribution is -0.384. The summed E-state index contributed by atoms with van der Waals surface area (Å²) >= 11 is 0. The van der Waals surface area contributed by atoms with Crippen LogP contribution >= 0.6 is 0 Å². The third-order valence-corrected chi connectivity index (χ3v) is 3.65. The number of nitro groups is 1. The van der Waals surface area contributed by atoms with Crippen molar-refractivity contribution in [3.05, 3.63) is 64.5 Å². The van der Waals surface area contributed by atoms with Crippen LogP contribution in [0.25, 0.3) is 33.8 Å². The van der Waals surface area contributed by atoms with Crippen molar-refractivity contribution in [3.8, 4) is 22.8 Å². The van der Waals surface area contributed by atoms with Crippen molar-refractivity contribution < 1.29 is 9.31 Å². The van der Waals surface area contributed by atoms with E-state index < -0.39 is 4.92 Å². The SMILES string of the molecule is O=[N+]([O-])c1ccc2nc(-c3cc(-c4ccc(F)cc4)n[nH]3)[nH]c2c1. The molecule has 0 aliphatic carbocycles. The fourth-order valence-electron chi connectivity index (χ4n) is 2.45. The maximum atomic E-state index is 13.0. The Morgan fingerprint density at radius 3 is 2.62 bits per heavy atom. The minimum atomic E-state index is -0.456. The molecule has 0 saturated heterocycles. The van der Waals surface area contributed by atoms with Crippen LogP contribution in [0.15, 0.2) is 48.5 Å². The summed E-state index contributed by atoms with van der Waals surface area (Å²) in [5.41, 5.74) is 3.23. The molecule has 0 atom stereocenters. The molecule has 0 aliphatic heterocycles. The van der Waals surface area contributed by atoms with E-state index in [0.29, 0.717) is 28.2 Å². The number of rotatable bonds is 3. The smallest absolute Gasteiger partial charge is 0.271 e. The van der Waals surface area contributed by atoms with Crippen LogP contribution in [0.2, 0.25) is 0 Å². The van der Waals surface area contributed by atoms with E-state index in [1.54, 1.807) is 24.3 Å². The van der Waals surface area contributed by atoms with Crippen LogP contribution < -0.4 is 0 Å². The molecule has 8 heteroatoms. The fourth-order valence-corrected chi connectivity index (χ4v) is 2.45. The van der Waals surface area contributed by atoms with Crippen molar-refractivity contribution in [1.29, 1.82) is 0 Å². The van der Waals surface area contributed by atoms with Crippen molar-refractivity contribution >= 4 is 16.7 Å². The molecule has 0 aliphatic rings. The standard InChI is InChI=1S/C16H10FN5O2/c17-10-3-1-9(2-4-10)13-8-15(21-20-13)16-18-12-6-5-11(22(23)24)7-14(12)19-16/h1-8H,(H,18,19)(H,20,21). The molecule has 24 heavy (non-hydrogen) atoms. The first-order chi connectivity index (χ1) is 11.6. The zero-order valence-corrected chi connectivity index (χ0v) is 12.2. The summed E-state index contributed by atoms with van der Waals surface area (Å²) in [7, 11) is 0. The third-order valence-electron chi connectivity index (χ3n) is 3.65. The third kappa shape index (κ3) is 2.39. The molecule has 4 aromatic rings. The Kier molecular flexibility index (Phi) is 3.09. The zero-order chi connectivity index (χ0) is 16.7. The van der Waals surface area contributed by atoms with E-state index in [9.17, 15) is 14.5 Å². The molecule has 0 saturated carbocycles. The van der Waals surface area contributed by atoms with E-state index >= 15 is 0 Å². The van der Waals surface area contributed by atoms with Gasteiger partial charge in [-0.1, -0.05) is 0 Å². The topological polar surface area (TPSA) is 100 Å². The molecule has 0 unspecified atom stereocenters. The second-order valence-corrected chi connectivity index (χ2v) is 5.22. The Balaban J connectivity index is 1.72. The van der Waals surface area contributed by atoms with Gasteiger partial charge in [-0.3, -0.25) is 15.2 Å². The van der Waals surface area contributed by atoms with Gasteiger partial charge in [-0.2, -0.15) is 5.10 Å². The summed E-state index contributed by atoms with van der Waals surface area (Å²) in [6.45, 7) is 0. The van der Waals surface area contributed by atoms with Crippen molar-refractivity contribution in [1.82, 2.24) is 20.2 Å². The van der Waals surface area contributed by atoms with Crippen molar-refractivity contribution in [2.45, 2.75) is 0 Å². The quantitative estimate of drug-likeness (QED) is 0.444. The number of imidazole rings is 1. The molecular formula is C16H10FN5O2. The number of fused-ring (bicyclic) bond motifs is 1. The molecule has 0 radical (unpaired) electrons. The Hall–Kier alpha value is -3.55. The van der Waals surface area contributed by atoms with Crippen molar-refractivity contribution in [3.63, 3.8) is 0 Å².